The number of anilines is 1. The van der Waals surface area contributed by atoms with E-state index in [4.69, 9.17) is 9.90 Å². The molecule has 2 unspecified atom stereocenters. The summed E-state index contributed by atoms with van der Waals surface area (Å²) in [6.07, 6.45) is -2.41. The van der Waals surface area contributed by atoms with Crippen molar-refractivity contribution in [1.82, 2.24) is 5.32 Å². The van der Waals surface area contributed by atoms with Crippen LogP contribution in [0.5, 0.6) is 0 Å². The molecule has 5 nitrogen and oxygen atoms in total. The minimum Gasteiger partial charge on any atom is -0.475 e. The van der Waals surface area contributed by atoms with Crippen molar-refractivity contribution in [2.75, 3.05) is 5.32 Å². The summed E-state index contributed by atoms with van der Waals surface area (Å²) in [5.74, 6) is -3.91. The highest BCUT2D eigenvalue weighted by atomic mass is 19.4. The molecule has 2 aromatic carbocycles. The zero-order valence-corrected chi connectivity index (χ0v) is 16.1. The number of rotatable bonds is 2. The molecule has 1 amide bonds. The molecule has 0 aromatic heterocycles. The molecule has 0 spiro atoms. The second kappa shape index (κ2) is 9.01. The van der Waals surface area contributed by atoms with Crippen molar-refractivity contribution in [3.63, 3.8) is 0 Å². The van der Waals surface area contributed by atoms with Gasteiger partial charge in [0.15, 0.2) is 0 Å². The molecule has 4 rings (SSSR count). The normalized spacial score (nSPS) is 20.0. The number of fused-ring (bicyclic) bond motifs is 2. The molecule has 2 atom stereocenters. The number of halogens is 5. The number of aliphatic carboxylic acids is 1. The van der Waals surface area contributed by atoms with E-state index in [0.717, 1.165) is 23.7 Å². The maximum atomic E-state index is 13.9. The van der Waals surface area contributed by atoms with Crippen LogP contribution in [0, 0.1) is 11.6 Å². The van der Waals surface area contributed by atoms with Gasteiger partial charge >= 0.3 is 12.1 Å². The highest BCUT2D eigenvalue weighted by molar-refractivity contribution is 5.96. The number of amides is 1. The van der Waals surface area contributed by atoms with E-state index in [9.17, 15) is 26.7 Å². The summed E-state index contributed by atoms with van der Waals surface area (Å²) in [6.45, 7) is 0. The van der Waals surface area contributed by atoms with Gasteiger partial charge in [0.1, 0.15) is 11.6 Å². The third-order valence-corrected chi connectivity index (χ3v) is 5.19. The zero-order chi connectivity index (χ0) is 22.8. The Hall–Kier alpha value is -3.01. The summed E-state index contributed by atoms with van der Waals surface area (Å²) < 4.78 is 59.2. The summed E-state index contributed by atoms with van der Waals surface area (Å²) in [6, 6.07) is 9.49. The van der Waals surface area contributed by atoms with Crippen molar-refractivity contribution in [1.29, 1.82) is 0 Å². The van der Waals surface area contributed by atoms with Crippen LogP contribution in [0.4, 0.5) is 27.6 Å². The topological polar surface area (TPSA) is 78.4 Å². The van der Waals surface area contributed by atoms with Crippen LogP contribution in [0.25, 0.3) is 0 Å². The van der Waals surface area contributed by atoms with Gasteiger partial charge in [0.05, 0.1) is 6.04 Å². The number of aryl methyl sites for hydroxylation is 1. The molecular weight excluding hydrogens is 423 g/mol. The molecule has 31 heavy (non-hydrogen) atoms. The number of alkyl halides is 3. The quantitative estimate of drug-likeness (QED) is 0.612. The summed E-state index contributed by atoms with van der Waals surface area (Å²) in [5.41, 5.74) is 3.16. The van der Waals surface area contributed by atoms with Crippen molar-refractivity contribution in [2.24, 2.45) is 0 Å². The molecule has 10 heteroatoms. The lowest BCUT2D eigenvalue weighted by Gasteiger charge is -2.21. The highest BCUT2D eigenvalue weighted by Crippen LogP contribution is 2.34. The molecule has 0 saturated heterocycles. The first-order chi connectivity index (χ1) is 14.6. The summed E-state index contributed by atoms with van der Waals surface area (Å²) in [4.78, 5) is 21.4. The Morgan fingerprint density at radius 2 is 1.71 bits per heavy atom. The molecule has 3 N–H and O–H groups in total. The number of carboxylic acid groups (broad SMARTS) is 1. The molecule has 1 heterocycles. The number of benzene rings is 2. The first-order valence-electron chi connectivity index (χ1n) is 9.49. The Bertz CT molecular complexity index is 993. The SMILES string of the molecule is O=C(O)C(F)(F)F.O=C1Nc2ccccc2CCC1NC1CCc2c(F)cc(F)cc21. The van der Waals surface area contributed by atoms with E-state index in [1.165, 1.54) is 6.07 Å². The average molecular weight is 442 g/mol. The van der Waals surface area contributed by atoms with Crippen LogP contribution in [0.1, 0.15) is 35.6 Å². The molecule has 1 aliphatic carbocycles. The molecule has 0 saturated carbocycles. The van der Waals surface area contributed by atoms with Crippen LogP contribution >= 0.6 is 0 Å². The molecule has 0 fully saturated rings. The maximum Gasteiger partial charge on any atom is 0.490 e. The van der Waals surface area contributed by atoms with E-state index in [1.54, 1.807) is 0 Å². The average Bonchev–Trinajstić information content (AvgIpc) is 3.00. The monoisotopic (exact) mass is 442 g/mol. The Morgan fingerprint density at radius 1 is 1.06 bits per heavy atom. The fraction of sp³-hybridized carbons (Fsp3) is 0.333. The first-order valence-corrected chi connectivity index (χ1v) is 9.49. The van der Waals surface area contributed by atoms with Gasteiger partial charge in [-0.05, 0) is 54.5 Å². The number of nitrogens with one attached hydrogen (secondary N) is 2. The van der Waals surface area contributed by atoms with E-state index in [0.29, 0.717) is 30.4 Å². The fourth-order valence-electron chi connectivity index (χ4n) is 3.73. The zero-order valence-electron chi connectivity index (χ0n) is 16.1. The Labute approximate surface area is 174 Å². The third kappa shape index (κ3) is 5.38. The van der Waals surface area contributed by atoms with Crippen molar-refractivity contribution in [3.8, 4) is 0 Å². The third-order valence-electron chi connectivity index (χ3n) is 5.19. The lowest BCUT2D eigenvalue weighted by Crippen LogP contribution is -2.41. The molecule has 166 valence electrons. The number of hydrogen-bond acceptors (Lipinski definition) is 3. The maximum absolute atomic E-state index is 13.9. The van der Waals surface area contributed by atoms with Crippen LogP contribution in [-0.2, 0) is 22.4 Å². The van der Waals surface area contributed by atoms with Crippen molar-refractivity contribution in [3.05, 3.63) is 64.7 Å². The van der Waals surface area contributed by atoms with Crippen molar-refractivity contribution < 1.29 is 36.6 Å². The Balaban J connectivity index is 0.000000339. The summed E-state index contributed by atoms with van der Waals surface area (Å²) in [7, 11) is 0. The lowest BCUT2D eigenvalue weighted by atomic mass is 10.0. The largest absolute Gasteiger partial charge is 0.490 e. The predicted octanol–water partition coefficient (Wildman–Crippen LogP) is 4.13. The number of hydrogen-bond donors (Lipinski definition) is 3. The molecule has 2 aromatic rings. The van der Waals surface area contributed by atoms with Crippen LogP contribution in [0.2, 0.25) is 0 Å². The van der Waals surface area contributed by atoms with Crippen LogP contribution in [0.15, 0.2) is 36.4 Å². The van der Waals surface area contributed by atoms with Gasteiger partial charge in [0.25, 0.3) is 0 Å². The predicted molar refractivity (Wildman–Crippen MR) is 101 cm³/mol. The van der Waals surface area contributed by atoms with Gasteiger partial charge in [-0.2, -0.15) is 13.2 Å². The minimum absolute atomic E-state index is 0.0923. The molecular formula is C21H19F5N2O3. The summed E-state index contributed by atoms with van der Waals surface area (Å²) >= 11 is 0. The molecule has 1 aliphatic heterocycles. The van der Waals surface area contributed by atoms with E-state index < -0.39 is 23.8 Å². The second-order valence-electron chi connectivity index (χ2n) is 7.25. The minimum atomic E-state index is -5.08. The molecule has 0 radical (unpaired) electrons. The second-order valence-corrected chi connectivity index (χ2v) is 7.25. The van der Waals surface area contributed by atoms with Gasteiger partial charge in [-0.15, -0.1) is 0 Å². The Morgan fingerprint density at radius 3 is 2.39 bits per heavy atom. The van der Waals surface area contributed by atoms with Crippen molar-refractivity contribution in [2.45, 2.75) is 43.9 Å². The number of carbonyl (C=O) groups excluding carboxylic acids is 1. The van der Waals surface area contributed by atoms with Gasteiger partial charge in [-0.1, -0.05) is 18.2 Å². The highest BCUT2D eigenvalue weighted by Gasteiger charge is 2.38. The fourth-order valence-corrected chi connectivity index (χ4v) is 3.73. The number of carbonyl (C=O) groups is 2. The smallest absolute Gasteiger partial charge is 0.475 e. The van der Waals surface area contributed by atoms with Crippen LogP contribution in [-0.4, -0.2) is 29.2 Å². The summed E-state index contributed by atoms with van der Waals surface area (Å²) in [5, 5.41) is 13.4. The Kier molecular flexibility index (Phi) is 6.59. The van der Waals surface area contributed by atoms with Gasteiger partial charge in [0, 0.05) is 17.8 Å². The van der Waals surface area contributed by atoms with Crippen LogP contribution in [0.3, 0.4) is 0 Å². The molecule has 2 aliphatic rings. The first kappa shape index (κ1) is 22.7. The van der Waals surface area contributed by atoms with Gasteiger partial charge in [0.2, 0.25) is 5.91 Å². The van der Waals surface area contributed by atoms with E-state index in [1.807, 2.05) is 24.3 Å². The lowest BCUT2D eigenvalue weighted by molar-refractivity contribution is -0.192. The van der Waals surface area contributed by atoms with Crippen LogP contribution < -0.4 is 10.6 Å². The van der Waals surface area contributed by atoms with E-state index in [-0.39, 0.29) is 18.0 Å². The van der Waals surface area contributed by atoms with E-state index in [2.05, 4.69) is 10.6 Å². The van der Waals surface area contributed by atoms with Crippen molar-refractivity contribution >= 4 is 17.6 Å². The molecule has 0 bridgehead atoms. The van der Waals surface area contributed by atoms with Gasteiger partial charge < -0.3 is 10.4 Å². The number of carboxylic acids is 1. The standard InChI is InChI=1S/C19H18F2N2O.C2HF3O2/c20-12-9-14-13(15(21)10-12)6-8-17(14)22-18-7-5-11-3-1-2-4-16(11)23-19(18)24;3-2(4,5)1(6)7/h1-4,9-10,17-18,22H,5-8H2,(H,23,24);(H,6,7). The van der Waals surface area contributed by atoms with Gasteiger partial charge in [-0.25, -0.2) is 13.6 Å². The van der Waals surface area contributed by atoms with Gasteiger partial charge in [-0.3, -0.25) is 10.1 Å². The van der Waals surface area contributed by atoms with E-state index >= 15 is 0 Å². The number of para-hydroxylation sites is 1.